The molecule has 1 aromatic heterocycles. The first kappa shape index (κ1) is 13.1. The number of nitrogens with one attached hydrogen (secondary N) is 1. The third-order valence-electron chi connectivity index (χ3n) is 2.04. The quantitative estimate of drug-likeness (QED) is 0.775. The van der Waals surface area contributed by atoms with Crippen LogP contribution in [0.4, 0.5) is 0 Å². The summed E-state index contributed by atoms with van der Waals surface area (Å²) in [4.78, 5) is 11.7. The number of hydrogen-bond acceptors (Lipinski definition) is 5. The minimum atomic E-state index is -0.260. The lowest BCUT2D eigenvalue weighted by atomic mass is 10.2. The first-order valence-corrected chi connectivity index (χ1v) is 6.40. The van der Waals surface area contributed by atoms with Gasteiger partial charge in [-0.3, -0.25) is 4.79 Å². The van der Waals surface area contributed by atoms with E-state index in [4.69, 9.17) is 9.63 Å². The Morgan fingerprint density at radius 2 is 2.50 bits per heavy atom. The third kappa shape index (κ3) is 3.86. The standard InChI is InChI=1S/C10H16N2O3S/c1-7-5-9(12-15-7)10(14)11-8(3-4-13)6-16-2/h5,8,13H,3-4,6H2,1-2H3,(H,11,14). The van der Waals surface area contributed by atoms with Crippen LogP contribution in [-0.2, 0) is 0 Å². The molecule has 0 aliphatic rings. The zero-order valence-electron chi connectivity index (χ0n) is 9.40. The van der Waals surface area contributed by atoms with Crippen LogP contribution in [0.25, 0.3) is 0 Å². The van der Waals surface area contributed by atoms with Crippen molar-refractivity contribution in [1.29, 1.82) is 0 Å². The van der Waals surface area contributed by atoms with Crippen molar-refractivity contribution >= 4 is 17.7 Å². The normalized spacial score (nSPS) is 12.4. The molecule has 0 radical (unpaired) electrons. The molecule has 0 fully saturated rings. The molecule has 0 bridgehead atoms. The van der Waals surface area contributed by atoms with Crippen LogP contribution < -0.4 is 5.32 Å². The van der Waals surface area contributed by atoms with Crippen molar-refractivity contribution in [3.63, 3.8) is 0 Å². The van der Waals surface area contributed by atoms with Crippen molar-refractivity contribution in [2.45, 2.75) is 19.4 Å². The van der Waals surface area contributed by atoms with Gasteiger partial charge in [-0.05, 0) is 19.6 Å². The van der Waals surface area contributed by atoms with Gasteiger partial charge in [-0.2, -0.15) is 11.8 Å². The summed E-state index contributed by atoms with van der Waals surface area (Å²) in [6.07, 6.45) is 2.50. The zero-order valence-corrected chi connectivity index (χ0v) is 10.2. The van der Waals surface area contributed by atoms with E-state index in [0.717, 1.165) is 5.75 Å². The molecule has 1 rings (SSSR count). The van der Waals surface area contributed by atoms with Crippen LogP contribution in [0.1, 0.15) is 22.7 Å². The van der Waals surface area contributed by atoms with Gasteiger partial charge in [0.05, 0.1) is 0 Å². The van der Waals surface area contributed by atoms with Crippen LogP contribution in [0.2, 0.25) is 0 Å². The number of thioether (sulfide) groups is 1. The van der Waals surface area contributed by atoms with Gasteiger partial charge in [-0.25, -0.2) is 0 Å². The van der Waals surface area contributed by atoms with Gasteiger partial charge >= 0.3 is 0 Å². The van der Waals surface area contributed by atoms with Gasteiger partial charge in [0.25, 0.3) is 5.91 Å². The molecular weight excluding hydrogens is 228 g/mol. The molecule has 2 N–H and O–H groups in total. The number of carbonyl (C=O) groups excluding carboxylic acids is 1. The molecule has 1 unspecified atom stereocenters. The molecule has 1 atom stereocenters. The maximum absolute atomic E-state index is 11.7. The highest BCUT2D eigenvalue weighted by Gasteiger charge is 2.15. The number of amides is 1. The number of aliphatic hydroxyl groups is 1. The maximum Gasteiger partial charge on any atom is 0.273 e. The summed E-state index contributed by atoms with van der Waals surface area (Å²) in [5.41, 5.74) is 0.279. The first-order chi connectivity index (χ1) is 7.67. The topological polar surface area (TPSA) is 75.4 Å². The molecule has 0 saturated heterocycles. The van der Waals surface area contributed by atoms with Gasteiger partial charge in [-0.1, -0.05) is 5.16 Å². The molecule has 1 aromatic rings. The minimum absolute atomic E-state index is 0.0375. The van der Waals surface area contributed by atoms with E-state index in [2.05, 4.69) is 10.5 Å². The van der Waals surface area contributed by atoms with Crippen molar-refractivity contribution in [2.24, 2.45) is 0 Å². The molecule has 5 nitrogen and oxygen atoms in total. The van der Waals surface area contributed by atoms with E-state index >= 15 is 0 Å². The van der Waals surface area contributed by atoms with Crippen molar-refractivity contribution in [1.82, 2.24) is 10.5 Å². The third-order valence-corrected chi connectivity index (χ3v) is 2.78. The molecule has 1 amide bonds. The summed E-state index contributed by atoms with van der Waals surface area (Å²) in [5, 5.41) is 15.3. The Balaban J connectivity index is 2.54. The van der Waals surface area contributed by atoms with Gasteiger partial charge < -0.3 is 14.9 Å². The highest BCUT2D eigenvalue weighted by atomic mass is 32.2. The number of hydrogen-bond donors (Lipinski definition) is 2. The fourth-order valence-electron chi connectivity index (χ4n) is 1.29. The predicted octanol–water partition coefficient (Wildman–Crippen LogP) is 0.827. The number of nitrogens with zero attached hydrogens (tertiary/aromatic N) is 1. The second-order valence-electron chi connectivity index (χ2n) is 3.46. The summed E-state index contributed by atoms with van der Waals surface area (Å²) >= 11 is 1.62. The summed E-state index contributed by atoms with van der Waals surface area (Å²) in [7, 11) is 0. The summed E-state index contributed by atoms with van der Waals surface area (Å²) in [5.74, 6) is 1.11. The maximum atomic E-state index is 11.7. The van der Waals surface area contributed by atoms with Gasteiger partial charge in [0, 0.05) is 24.5 Å². The average Bonchev–Trinajstić information content (AvgIpc) is 2.65. The van der Waals surface area contributed by atoms with Crippen LogP contribution in [0, 0.1) is 6.92 Å². The molecule has 0 spiro atoms. The van der Waals surface area contributed by atoms with Crippen molar-refractivity contribution in [2.75, 3.05) is 18.6 Å². The lowest BCUT2D eigenvalue weighted by molar-refractivity contribution is 0.0926. The van der Waals surface area contributed by atoms with Gasteiger partial charge in [0.15, 0.2) is 5.69 Å². The van der Waals surface area contributed by atoms with E-state index in [1.807, 2.05) is 6.26 Å². The smallest absolute Gasteiger partial charge is 0.273 e. The molecule has 1 heterocycles. The molecular formula is C10H16N2O3S. The van der Waals surface area contributed by atoms with Crippen molar-refractivity contribution in [3.05, 3.63) is 17.5 Å². The summed E-state index contributed by atoms with van der Waals surface area (Å²) < 4.78 is 4.82. The Kier molecular flexibility index (Phi) is 5.34. The average molecular weight is 244 g/mol. The monoisotopic (exact) mass is 244 g/mol. The van der Waals surface area contributed by atoms with Crippen LogP contribution in [-0.4, -0.2) is 40.8 Å². The molecule has 90 valence electrons. The lowest BCUT2D eigenvalue weighted by Gasteiger charge is -2.15. The Morgan fingerprint density at radius 3 is 3.00 bits per heavy atom. The van der Waals surface area contributed by atoms with Gasteiger partial charge in [0.1, 0.15) is 5.76 Å². The van der Waals surface area contributed by atoms with Crippen LogP contribution in [0.5, 0.6) is 0 Å². The number of aromatic nitrogens is 1. The second-order valence-corrected chi connectivity index (χ2v) is 4.37. The molecule has 0 aliphatic carbocycles. The lowest BCUT2D eigenvalue weighted by Crippen LogP contribution is -2.37. The Morgan fingerprint density at radius 1 is 1.75 bits per heavy atom. The Labute approximate surface area is 98.6 Å². The Hall–Kier alpha value is -1.01. The highest BCUT2D eigenvalue weighted by Crippen LogP contribution is 2.05. The summed E-state index contributed by atoms with van der Waals surface area (Å²) in [6, 6.07) is 1.55. The number of rotatable bonds is 6. The van der Waals surface area contributed by atoms with Crippen molar-refractivity contribution < 1.29 is 14.4 Å². The Bertz CT molecular complexity index is 335. The molecule has 16 heavy (non-hydrogen) atoms. The molecule has 0 aliphatic heterocycles. The van der Waals surface area contributed by atoms with Gasteiger partial charge in [-0.15, -0.1) is 0 Å². The highest BCUT2D eigenvalue weighted by molar-refractivity contribution is 7.98. The fourth-order valence-corrected chi connectivity index (χ4v) is 1.94. The van der Waals surface area contributed by atoms with E-state index in [-0.39, 0.29) is 24.2 Å². The van der Waals surface area contributed by atoms with Gasteiger partial charge in [0.2, 0.25) is 0 Å². The van der Waals surface area contributed by atoms with Crippen LogP contribution in [0.3, 0.4) is 0 Å². The SMILES string of the molecule is CSCC(CCO)NC(=O)c1cc(C)on1. The minimum Gasteiger partial charge on any atom is -0.396 e. The van der Waals surface area contributed by atoms with E-state index < -0.39 is 0 Å². The van der Waals surface area contributed by atoms with Crippen molar-refractivity contribution in [3.8, 4) is 0 Å². The second kappa shape index (κ2) is 6.55. The molecule has 0 aromatic carbocycles. The first-order valence-electron chi connectivity index (χ1n) is 5.01. The van der Waals surface area contributed by atoms with E-state index in [9.17, 15) is 4.79 Å². The summed E-state index contributed by atoms with van der Waals surface area (Å²) in [6.45, 7) is 1.79. The fraction of sp³-hybridized carbons (Fsp3) is 0.600. The van der Waals surface area contributed by atoms with E-state index in [1.54, 1.807) is 24.8 Å². The number of aryl methyl sites for hydroxylation is 1. The number of carbonyl (C=O) groups is 1. The predicted molar refractivity (Wildman–Crippen MR) is 62.6 cm³/mol. The van der Waals surface area contributed by atoms with Crippen LogP contribution >= 0.6 is 11.8 Å². The largest absolute Gasteiger partial charge is 0.396 e. The van der Waals surface area contributed by atoms with E-state index in [0.29, 0.717) is 12.2 Å². The van der Waals surface area contributed by atoms with Crippen LogP contribution in [0.15, 0.2) is 10.6 Å². The molecule has 6 heteroatoms. The number of aliphatic hydroxyl groups excluding tert-OH is 1. The molecule has 0 saturated carbocycles. The van der Waals surface area contributed by atoms with E-state index in [1.165, 1.54) is 0 Å². The zero-order chi connectivity index (χ0) is 12.0.